The molecule has 0 heterocycles. The molecular weight excluding hydrogens is 1350 g/mol. The third-order valence-corrected chi connectivity index (χ3v) is 21.9. The van der Waals surface area contributed by atoms with Crippen LogP contribution in [0.2, 0.25) is 0 Å². The molecule has 0 aliphatic rings. The molecule has 2 unspecified atom stereocenters. The molecule has 0 spiro atoms. The van der Waals surface area contributed by atoms with Crippen LogP contribution in [0.1, 0.15) is 452 Å². The number of carbonyl (C=O) groups is 4. The van der Waals surface area contributed by atoms with Gasteiger partial charge >= 0.3 is 39.5 Å². The van der Waals surface area contributed by atoms with E-state index in [1.807, 2.05) is 0 Å². The van der Waals surface area contributed by atoms with Crippen LogP contribution >= 0.6 is 15.6 Å². The van der Waals surface area contributed by atoms with Gasteiger partial charge in [0.25, 0.3) is 0 Å². The van der Waals surface area contributed by atoms with Crippen molar-refractivity contribution in [3.63, 3.8) is 0 Å². The van der Waals surface area contributed by atoms with Gasteiger partial charge in [0.1, 0.15) is 19.3 Å². The van der Waals surface area contributed by atoms with Crippen molar-refractivity contribution in [2.45, 2.75) is 471 Å². The number of aliphatic hydroxyl groups excluding tert-OH is 1. The first-order valence-electron chi connectivity index (χ1n) is 44.0. The topological polar surface area (TPSA) is 237 Å². The molecule has 0 fully saturated rings. The van der Waals surface area contributed by atoms with Crippen LogP contribution in [0.4, 0.5) is 0 Å². The molecule has 0 aromatic heterocycles. The monoisotopic (exact) mass is 1520 g/mol. The molecule has 0 aliphatic heterocycles. The highest BCUT2D eigenvalue weighted by molar-refractivity contribution is 7.47. The van der Waals surface area contributed by atoms with Crippen LogP contribution < -0.4 is 0 Å². The SMILES string of the molecule is CCCCCCCCCCCCCCCCCCCCCCCCC(=O)O[C@H](COC(=O)CCCCCCCCCCCCCCCCCC(C)C)COP(=O)(O)OC[C@@H](O)COP(=O)(O)OC[C@@H](COC(=O)CCCCCCCCCC(C)C)OC(=O)CCCCCCCCCCCCCCCC. The van der Waals surface area contributed by atoms with Crippen LogP contribution in [0, 0.1) is 11.8 Å². The van der Waals surface area contributed by atoms with E-state index in [-0.39, 0.29) is 25.7 Å². The van der Waals surface area contributed by atoms with E-state index in [2.05, 4.69) is 41.5 Å². The minimum Gasteiger partial charge on any atom is -0.462 e. The molecule has 0 saturated heterocycles. The predicted molar refractivity (Wildman–Crippen MR) is 428 cm³/mol. The molecule has 0 saturated carbocycles. The van der Waals surface area contributed by atoms with Crippen LogP contribution in [0.25, 0.3) is 0 Å². The van der Waals surface area contributed by atoms with Gasteiger partial charge in [-0.25, -0.2) is 9.13 Å². The predicted octanol–water partition coefficient (Wildman–Crippen LogP) is 25.8. The highest BCUT2D eigenvalue weighted by atomic mass is 31.2. The normalized spacial score (nSPS) is 13.8. The lowest BCUT2D eigenvalue weighted by atomic mass is 10.0. The van der Waals surface area contributed by atoms with Crippen LogP contribution in [0.5, 0.6) is 0 Å². The summed E-state index contributed by atoms with van der Waals surface area (Å²) in [6.07, 6.45) is 68.2. The molecule has 5 atom stereocenters. The summed E-state index contributed by atoms with van der Waals surface area (Å²) in [5.74, 6) is -0.593. The van der Waals surface area contributed by atoms with Crippen molar-refractivity contribution in [1.82, 2.24) is 0 Å². The first kappa shape index (κ1) is 102. The number of aliphatic hydroxyl groups is 1. The molecule has 0 aliphatic carbocycles. The summed E-state index contributed by atoms with van der Waals surface area (Å²) in [5, 5.41) is 10.7. The Bertz CT molecular complexity index is 1990. The van der Waals surface area contributed by atoms with Crippen molar-refractivity contribution in [3.05, 3.63) is 0 Å². The fourth-order valence-electron chi connectivity index (χ4n) is 13.2. The van der Waals surface area contributed by atoms with Gasteiger partial charge < -0.3 is 33.8 Å². The standard InChI is InChI=1S/C85H166O17P2/c1-7-9-11-13-15-17-19-21-23-24-25-26-27-28-29-32-37-41-45-51-58-64-70-84(89)101-80(73-95-82(87)67-61-55-49-43-39-36-33-30-31-34-38-42-47-53-59-65-77(3)4)75-99-103(91,92)97-71-79(86)72-98-104(93,94)100-76-81(74-96-83(88)68-62-56-52-46-48-54-60-66-78(5)6)102-85(90)69-63-57-50-44-40-35-22-20-18-16-14-12-10-8-2/h77-81,86H,7-76H2,1-6H3,(H,91,92)(H,93,94)/t79-,80-,81-/m1/s1. The highest BCUT2D eigenvalue weighted by Crippen LogP contribution is 2.45. The fourth-order valence-corrected chi connectivity index (χ4v) is 14.8. The maximum absolute atomic E-state index is 13.1. The van der Waals surface area contributed by atoms with Gasteiger partial charge in [0.05, 0.1) is 26.4 Å². The van der Waals surface area contributed by atoms with E-state index in [9.17, 15) is 43.2 Å². The number of phosphoric acid groups is 2. The van der Waals surface area contributed by atoms with E-state index in [1.165, 1.54) is 263 Å². The number of carbonyl (C=O) groups excluding carboxylic acids is 4. The zero-order valence-electron chi connectivity index (χ0n) is 68.3. The molecule has 0 aromatic carbocycles. The molecule has 3 N–H and O–H groups in total. The number of unbranched alkanes of at least 4 members (excludes halogenated alkanes) is 54. The van der Waals surface area contributed by atoms with Crippen molar-refractivity contribution >= 4 is 39.5 Å². The van der Waals surface area contributed by atoms with Crippen molar-refractivity contribution in [2.24, 2.45) is 11.8 Å². The quantitative estimate of drug-likeness (QED) is 0.0222. The Labute approximate surface area is 638 Å². The number of rotatable bonds is 84. The van der Waals surface area contributed by atoms with Crippen LogP contribution in [0.15, 0.2) is 0 Å². The van der Waals surface area contributed by atoms with Crippen LogP contribution in [0.3, 0.4) is 0 Å². The van der Waals surface area contributed by atoms with Gasteiger partial charge in [0.15, 0.2) is 12.2 Å². The second kappa shape index (κ2) is 76.4. The summed E-state index contributed by atoms with van der Waals surface area (Å²) in [5.41, 5.74) is 0. The summed E-state index contributed by atoms with van der Waals surface area (Å²) >= 11 is 0. The number of esters is 4. The lowest BCUT2D eigenvalue weighted by molar-refractivity contribution is -0.161. The Morgan fingerprint density at radius 3 is 0.654 bits per heavy atom. The van der Waals surface area contributed by atoms with E-state index in [4.69, 9.17) is 37.0 Å². The third-order valence-electron chi connectivity index (χ3n) is 20.0. The number of ether oxygens (including phenoxy) is 4. The van der Waals surface area contributed by atoms with Crippen molar-refractivity contribution in [1.29, 1.82) is 0 Å². The molecule has 0 aromatic rings. The zero-order chi connectivity index (χ0) is 76.4. The smallest absolute Gasteiger partial charge is 0.462 e. The van der Waals surface area contributed by atoms with Gasteiger partial charge in [-0.2, -0.15) is 0 Å². The number of hydrogen-bond donors (Lipinski definition) is 3. The van der Waals surface area contributed by atoms with Gasteiger partial charge in [-0.1, -0.05) is 401 Å². The van der Waals surface area contributed by atoms with E-state index in [0.29, 0.717) is 31.6 Å². The highest BCUT2D eigenvalue weighted by Gasteiger charge is 2.30. The summed E-state index contributed by atoms with van der Waals surface area (Å²) in [4.78, 5) is 73.1. The average molecular weight is 1520 g/mol. The average Bonchev–Trinajstić information content (AvgIpc) is 0.949. The van der Waals surface area contributed by atoms with E-state index in [1.54, 1.807) is 0 Å². The van der Waals surface area contributed by atoms with Crippen molar-refractivity contribution in [3.8, 4) is 0 Å². The maximum atomic E-state index is 13.1. The molecule has 17 nitrogen and oxygen atoms in total. The lowest BCUT2D eigenvalue weighted by Crippen LogP contribution is -2.30. The van der Waals surface area contributed by atoms with Gasteiger partial charge in [0, 0.05) is 25.7 Å². The van der Waals surface area contributed by atoms with Crippen LogP contribution in [-0.2, 0) is 65.4 Å². The molecular formula is C85H166O17P2. The summed E-state index contributed by atoms with van der Waals surface area (Å²) < 4.78 is 68.8. The molecule has 618 valence electrons. The largest absolute Gasteiger partial charge is 0.472 e. The summed E-state index contributed by atoms with van der Waals surface area (Å²) in [6, 6.07) is 0. The minimum atomic E-state index is -4.97. The Kier molecular flexibility index (Phi) is 75.0. The number of hydrogen-bond acceptors (Lipinski definition) is 15. The third kappa shape index (κ3) is 78.2. The summed E-state index contributed by atoms with van der Waals surface area (Å²) in [6.45, 7) is 9.63. The molecule has 0 amide bonds. The molecule has 0 radical (unpaired) electrons. The first-order valence-corrected chi connectivity index (χ1v) is 47.0. The van der Waals surface area contributed by atoms with Crippen molar-refractivity contribution < 1.29 is 80.2 Å². The van der Waals surface area contributed by atoms with Crippen LogP contribution in [-0.4, -0.2) is 96.7 Å². The van der Waals surface area contributed by atoms with Gasteiger partial charge in [-0.05, 0) is 37.5 Å². The minimum absolute atomic E-state index is 0.107. The molecule has 104 heavy (non-hydrogen) atoms. The Morgan fingerprint density at radius 1 is 0.260 bits per heavy atom. The molecule has 19 heteroatoms. The number of phosphoric ester groups is 2. The Balaban J connectivity index is 5.21. The van der Waals surface area contributed by atoms with Crippen molar-refractivity contribution in [2.75, 3.05) is 39.6 Å². The Hall–Kier alpha value is -1.94. The zero-order valence-corrected chi connectivity index (χ0v) is 70.1. The second-order valence-electron chi connectivity index (χ2n) is 31.5. The maximum Gasteiger partial charge on any atom is 0.472 e. The van der Waals surface area contributed by atoms with Gasteiger partial charge in [-0.3, -0.25) is 37.3 Å². The second-order valence-corrected chi connectivity index (χ2v) is 34.4. The van der Waals surface area contributed by atoms with Gasteiger partial charge in [-0.15, -0.1) is 0 Å². The summed E-state index contributed by atoms with van der Waals surface area (Å²) in [7, 11) is -9.92. The molecule has 0 rings (SSSR count). The Morgan fingerprint density at radius 2 is 0.442 bits per heavy atom. The molecule has 0 bridgehead atoms. The van der Waals surface area contributed by atoms with E-state index < -0.39 is 97.5 Å². The van der Waals surface area contributed by atoms with Gasteiger partial charge in [0.2, 0.25) is 0 Å². The van der Waals surface area contributed by atoms with E-state index in [0.717, 1.165) is 102 Å². The van der Waals surface area contributed by atoms with E-state index >= 15 is 0 Å². The lowest BCUT2D eigenvalue weighted by Gasteiger charge is -2.21. The first-order chi connectivity index (χ1) is 50.4. The fraction of sp³-hybridized carbons (Fsp3) is 0.953.